The smallest absolute Gasteiger partial charge is 0.241 e. The number of nitrogens with zero attached hydrogens (tertiary/aromatic N) is 1. The Balaban J connectivity index is 1.55. The molecule has 0 radical (unpaired) electrons. The van der Waals surface area contributed by atoms with Gasteiger partial charge < -0.3 is 14.2 Å². The molecule has 0 saturated carbocycles. The largest absolute Gasteiger partial charge is 0.493 e. The molecule has 0 fully saturated rings. The van der Waals surface area contributed by atoms with Gasteiger partial charge in [-0.1, -0.05) is 17.9 Å². The summed E-state index contributed by atoms with van der Waals surface area (Å²) in [5, 5.41) is 1.02. The molecule has 150 valence electrons. The fourth-order valence-electron chi connectivity index (χ4n) is 2.57. The third kappa shape index (κ3) is 5.16. The highest BCUT2D eigenvalue weighted by molar-refractivity contribution is 7.89. The highest BCUT2D eigenvalue weighted by Crippen LogP contribution is 2.29. The van der Waals surface area contributed by atoms with Crippen molar-refractivity contribution in [3.63, 3.8) is 0 Å². The number of sulfonamides is 1. The molecule has 3 rings (SSSR count). The zero-order valence-electron chi connectivity index (χ0n) is 16.0. The first-order valence-corrected chi connectivity index (χ1v) is 10.2. The standard InChI is InChI=1S/C21H20N2O5S/c1-26-20-10-9-18(15-21(20)27-2)29(24,25)23-12-3-4-13-28-17-8-7-16-6-5-11-22-19(16)14-17/h5-11,14-15,23H,12-13H2,1-2H3. The molecule has 0 amide bonds. The summed E-state index contributed by atoms with van der Waals surface area (Å²) in [5.41, 5.74) is 0.834. The van der Waals surface area contributed by atoms with Crippen LogP contribution in [0.1, 0.15) is 0 Å². The van der Waals surface area contributed by atoms with Crippen LogP contribution in [0.15, 0.2) is 59.6 Å². The number of nitrogens with one attached hydrogen (secondary N) is 1. The molecule has 0 aliphatic carbocycles. The first-order chi connectivity index (χ1) is 14.0. The van der Waals surface area contributed by atoms with Crippen molar-refractivity contribution in [3.05, 3.63) is 54.7 Å². The van der Waals surface area contributed by atoms with Crippen LogP contribution < -0.4 is 18.9 Å². The second-order valence-corrected chi connectivity index (χ2v) is 7.61. The molecule has 0 atom stereocenters. The van der Waals surface area contributed by atoms with E-state index in [9.17, 15) is 8.42 Å². The summed E-state index contributed by atoms with van der Waals surface area (Å²) >= 11 is 0. The third-order valence-electron chi connectivity index (χ3n) is 4.03. The molecule has 3 aromatic rings. The van der Waals surface area contributed by atoms with E-state index >= 15 is 0 Å². The van der Waals surface area contributed by atoms with Gasteiger partial charge in [-0.2, -0.15) is 4.72 Å². The fraction of sp³-hybridized carbons (Fsp3) is 0.190. The summed E-state index contributed by atoms with van der Waals surface area (Å²) in [5.74, 6) is 6.95. The second kappa shape index (κ2) is 9.28. The summed E-state index contributed by atoms with van der Waals surface area (Å²) in [7, 11) is -0.793. The van der Waals surface area contributed by atoms with E-state index in [1.54, 1.807) is 6.20 Å². The number of methoxy groups -OCH3 is 2. The molecule has 0 saturated heterocycles. The van der Waals surface area contributed by atoms with Gasteiger partial charge in [-0.15, -0.1) is 0 Å². The average molecular weight is 412 g/mol. The normalized spacial score (nSPS) is 10.8. The van der Waals surface area contributed by atoms with E-state index in [1.165, 1.54) is 32.4 Å². The molecule has 7 nitrogen and oxygen atoms in total. The lowest BCUT2D eigenvalue weighted by Gasteiger charge is -2.10. The van der Waals surface area contributed by atoms with Gasteiger partial charge in [0.25, 0.3) is 0 Å². The number of hydrogen-bond acceptors (Lipinski definition) is 6. The maximum Gasteiger partial charge on any atom is 0.241 e. The van der Waals surface area contributed by atoms with E-state index in [2.05, 4.69) is 21.5 Å². The summed E-state index contributed by atoms with van der Waals surface area (Å²) in [6.45, 7) is 0.0930. The van der Waals surface area contributed by atoms with Crippen molar-refractivity contribution in [1.82, 2.24) is 9.71 Å². The minimum absolute atomic E-state index is 0.0423. The monoisotopic (exact) mass is 412 g/mol. The van der Waals surface area contributed by atoms with Gasteiger partial charge in [0.15, 0.2) is 11.5 Å². The van der Waals surface area contributed by atoms with Gasteiger partial charge >= 0.3 is 0 Å². The lowest BCUT2D eigenvalue weighted by Crippen LogP contribution is -2.24. The number of ether oxygens (including phenoxy) is 3. The van der Waals surface area contributed by atoms with Crippen molar-refractivity contribution < 1.29 is 22.6 Å². The summed E-state index contributed by atoms with van der Waals surface area (Å²) in [6, 6.07) is 13.8. The fourth-order valence-corrected chi connectivity index (χ4v) is 3.51. The van der Waals surface area contributed by atoms with Crippen LogP contribution in [0.2, 0.25) is 0 Å². The number of aromatic nitrogens is 1. The lowest BCUT2D eigenvalue weighted by atomic mass is 10.2. The molecule has 29 heavy (non-hydrogen) atoms. The van der Waals surface area contributed by atoms with Gasteiger partial charge in [0, 0.05) is 23.7 Å². The molecule has 0 unspecified atom stereocenters. The SMILES string of the molecule is COc1ccc(S(=O)(=O)NCC#CCOc2ccc3cccnc3c2)cc1OC. The molecule has 2 aromatic carbocycles. The van der Waals surface area contributed by atoms with Gasteiger partial charge in [-0.3, -0.25) is 4.98 Å². The molecule has 1 heterocycles. The number of hydrogen-bond donors (Lipinski definition) is 1. The van der Waals surface area contributed by atoms with Gasteiger partial charge in [0.1, 0.15) is 12.4 Å². The molecule has 0 spiro atoms. The van der Waals surface area contributed by atoms with E-state index in [-0.39, 0.29) is 18.0 Å². The van der Waals surface area contributed by atoms with E-state index in [1.807, 2.05) is 30.3 Å². The van der Waals surface area contributed by atoms with E-state index < -0.39 is 10.0 Å². The second-order valence-electron chi connectivity index (χ2n) is 5.84. The maximum atomic E-state index is 12.4. The van der Waals surface area contributed by atoms with Crippen molar-refractivity contribution in [2.24, 2.45) is 0 Å². The zero-order chi connectivity index (χ0) is 20.7. The first kappa shape index (κ1) is 20.5. The summed E-state index contributed by atoms with van der Waals surface area (Å²) in [6.07, 6.45) is 1.72. The molecule has 1 N–H and O–H groups in total. The maximum absolute atomic E-state index is 12.4. The third-order valence-corrected chi connectivity index (χ3v) is 5.43. The highest BCUT2D eigenvalue weighted by Gasteiger charge is 2.16. The number of fused-ring (bicyclic) bond motifs is 1. The Labute approximate surface area is 169 Å². The Morgan fingerprint density at radius 3 is 2.62 bits per heavy atom. The molecule has 0 aliphatic heterocycles. The quantitative estimate of drug-likeness (QED) is 0.601. The van der Waals surface area contributed by atoms with Crippen molar-refractivity contribution in [1.29, 1.82) is 0 Å². The Morgan fingerprint density at radius 1 is 1.00 bits per heavy atom. The number of pyridine rings is 1. The Hall–Kier alpha value is -3.28. The summed E-state index contributed by atoms with van der Waals surface area (Å²) < 4.78 is 43.0. The number of benzene rings is 2. The van der Waals surface area contributed by atoms with Crippen LogP contribution in [0.5, 0.6) is 17.2 Å². The van der Waals surface area contributed by atoms with Crippen LogP contribution in [0, 0.1) is 11.8 Å². The Bertz CT molecular complexity index is 1170. The average Bonchev–Trinajstić information content (AvgIpc) is 2.75. The van der Waals surface area contributed by atoms with Crippen LogP contribution in [0.25, 0.3) is 10.9 Å². The molecular formula is C21H20N2O5S. The van der Waals surface area contributed by atoms with Crippen molar-refractivity contribution in [2.45, 2.75) is 4.90 Å². The van der Waals surface area contributed by atoms with Gasteiger partial charge in [0.2, 0.25) is 10.0 Å². The Kier molecular flexibility index (Phi) is 6.54. The predicted molar refractivity (Wildman–Crippen MR) is 110 cm³/mol. The molecule has 0 bridgehead atoms. The van der Waals surface area contributed by atoms with Crippen LogP contribution in [0.4, 0.5) is 0 Å². The summed E-state index contributed by atoms with van der Waals surface area (Å²) in [4.78, 5) is 4.34. The van der Waals surface area contributed by atoms with Crippen molar-refractivity contribution >= 4 is 20.9 Å². The van der Waals surface area contributed by atoms with Crippen LogP contribution in [-0.2, 0) is 10.0 Å². The minimum Gasteiger partial charge on any atom is -0.493 e. The van der Waals surface area contributed by atoms with Crippen LogP contribution in [-0.4, -0.2) is 40.8 Å². The minimum atomic E-state index is -3.72. The number of rotatable bonds is 7. The van der Waals surface area contributed by atoms with E-state index in [4.69, 9.17) is 14.2 Å². The van der Waals surface area contributed by atoms with Crippen LogP contribution in [0.3, 0.4) is 0 Å². The molecule has 0 aliphatic rings. The van der Waals surface area contributed by atoms with Crippen molar-refractivity contribution in [3.8, 4) is 29.1 Å². The zero-order valence-corrected chi connectivity index (χ0v) is 16.8. The van der Waals surface area contributed by atoms with E-state index in [0.717, 1.165) is 10.9 Å². The predicted octanol–water partition coefficient (Wildman–Crippen LogP) is 2.61. The Morgan fingerprint density at radius 2 is 1.83 bits per heavy atom. The lowest BCUT2D eigenvalue weighted by molar-refractivity contribution is 0.354. The van der Waals surface area contributed by atoms with Gasteiger partial charge in [-0.05, 0) is 30.3 Å². The first-order valence-electron chi connectivity index (χ1n) is 8.68. The van der Waals surface area contributed by atoms with E-state index in [0.29, 0.717) is 17.2 Å². The van der Waals surface area contributed by atoms with Gasteiger partial charge in [-0.25, -0.2) is 8.42 Å². The highest BCUT2D eigenvalue weighted by atomic mass is 32.2. The van der Waals surface area contributed by atoms with Crippen LogP contribution >= 0.6 is 0 Å². The van der Waals surface area contributed by atoms with Crippen molar-refractivity contribution in [2.75, 3.05) is 27.4 Å². The molecular weight excluding hydrogens is 392 g/mol. The molecule has 8 heteroatoms. The van der Waals surface area contributed by atoms with Gasteiger partial charge in [0.05, 0.1) is 31.2 Å². The molecule has 1 aromatic heterocycles. The topological polar surface area (TPSA) is 86.8 Å².